The van der Waals surface area contributed by atoms with Crippen molar-refractivity contribution in [2.75, 3.05) is 26.2 Å². The number of nitrogens with zero attached hydrogens (tertiary/aromatic N) is 3. The molecule has 0 spiro atoms. The van der Waals surface area contributed by atoms with Crippen molar-refractivity contribution in [1.29, 1.82) is 0 Å². The second-order valence-electron chi connectivity index (χ2n) is 14.2. The molecule has 9 heteroatoms. The van der Waals surface area contributed by atoms with Gasteiger partial charge in [-0.1, -0.05) is 35.9 Å². The van der Waals surface area contributed by atoms with Crippen molar-refractivity contribution < 1.29 is 19.4 Å². The first-order chi connectivity index (χ1) is 22.4. The molecule has 2 fully saturated rings. The van der Waals surface area contributed by atoms with Crippen LogP contribution in [0.25, 0.3) is 31.9 Å². The number of carboxylic acids is 1. The maximum atomic E-state index is 12.7. The number of thiazole rings is 1. The lowest BCUT2D eigenvalue weighted by Gasteiger charge is -2.37. The number of aromatic nitrogens is 1. The van der Waals surface area contributed by atoms with Crippen LogP contribution in [0.3, 0.4) is 0 Å². The lowest BCUT2D eigenvalue weighted by molar-refractivity contribution is -0.160. The zero-order valence-electron chi connectivity index (χ0n) is 27.7. The maximum Gasteiger partial charge on any atom is 0.337 e. The molecule has 4 heterocycles. The number of rotatable bonds is 8. The summed E-state index contributed by atoms with van der Waals surface area (Å²) in [4.78, 5) is 25.6. The van der Waals surface area contributed by atoms with Gasteiger partial charge >= 0.3 is 5.97 Å². The maximum absolute atomic E-state index is 12.7. The van der Waals surface area contributed by atoms with E-state index in [-0.39, 0.29) is 6.04 Å². The Morgan fingerprint density at radius 1 is 1.11 bits per heavy atom. The highest BCUT2D eigenvalue weighted by atomic mass is 35.5. The van der Waals surface area contributed by atoms with Crippen molar-refractivity contribution in [2.45, 2.75) is 77.7 Å². The van der Waals surface area contributed by atoms with Gasteiger partial charge in [-0.15, -0.1) is 11.3 Å². The number of hydrogen-bond acceptors (Lipinski definition) is 7. The summed E-state index contributed by atoms with van der Waals surface area (Å²) < 4.78 is 12.8. The second-order valence-corrected chi connectivity index (χ2v) is 15.6. The Balaban J connectivity index is 1.27. The number of halogens is 1. The van der Waals surface area contributed by atoms with Crippen molar-refractivity contribution >= 4 is 44.8 Å². The van der Waals surface area contributed by atoms with Gasteiger partial charge in [-0.25, -0.2) is 9.78 Å². The lowest BCUT2D eigenvalue weighted by Crippen LogP contribution is -2.44. The van der Waals surface area contributed by atoms with Crippen LogP contribution in [0.4, 0.5) is 0 Å². The van der Waals surface area contributed by atoms with Crippen LogP contribution in [-0.2, 0) is 14.3 Å². The van der Waals surface area contributed by atoms with Crippen LogP contribution in [0.2, 0.25) is 5.02 Å². The van der Waals surface area contributed by atoms with E-state index in [4.69, 9.17) is 31.1 Å². The topological polar surface area (TPSA) is 84.3 Å². The van der Waals surface area contributed by atoms with Crippen LogP contribution in [-0.4, -0.2) is 64.6 Å². The summed E-state index contributed by atoms with van der Waals surface area (Å²) in [5.74, 6) is -0.579. The molecular formula is C38H42ClN3O4S. The Labute approximate surface area is 285 Å². The highest BCUT2D eigenvalue weighted by Crippen LogP contribution is 2.45. The fourth-order valence-corrected chi connectivity index (χ4v) is 8.46. The normalized spacial score (nSPS) is 21.0. The molecule has 7 rings (SSSR count). The second kappa shape index (κ2) is 12.7. The van der Waals surface area contributed by atoms with Gasteiger partial charge in [-0.2, -0.15) is 0 Å². The number of benzene rings is 3. The Morgan fingerprint density at radius 3 is 2.45 bits per heavy atom. The smallest absolute Gasteiger partial charge is 0.337 e. The molecule has 0 aliphatic carbocycles. The molecule has 47 heavy (non-hydrogen) atoms. The summed E-state index contributed by atoms with van der Waals surface area (Å²) in [5.41, 5.74) is 8.15. The predicted molar refractivity (Wildman–Crippen MR) is 190 cm³/mol. The van der Waals surface area contributed by atoms with Crippen molar-refractivity contribution in [3.8, 4) is 21.7 Å². The van der Waals surface area contributed by atoms with Crippen LogP contribution in [0.15, 0.2) is 53.5 Å². The number of aliphatic carboxylic acids is 1. The molecule has 0 radical (unpaired) electrons. The third kappa shape index (κ3) is 6.51. The third-order valence-corrected chi connectivity index (χ3v) is 11.0. The van der Waals surface area contributed by atoms with Gasteiger partial charge in [0.05, 0.1) is 28.0 Å². The fourth-order valence-electron chi connectivity index (χ4n) is 7.22. The molecule has 2 saturated heterocycles. The molecule has 3 aromatic carbocycles. The van der Waals surface area contributed by atoms with Gasteiger partial charge in [0.15, 0.2) is 6.10 Å². The van der Waals surface area contributed by atoms with Gasteiger partial charge in [-0.3, -0.25) is 4.99 Å². The summed E-state index contributed by atoms with van der Waals surface area (Å²) in [7, 11) is 0. The van der Waals surface area contributed by atoms with E-state index in [2.05, 4.69) is 30.0 Å². The first-order valence-corrected chi connectivity index (χ1v) is 17.8. The number of hydrogen-bond donors (Lipinski definition) is 1. The fraction of sp³-hybridized carbons (Fsp3) is 0.447. The summed E-state index contributed by atoms with van der Waals surface area (Å²) in [5, 5.41) is 11.9. The largest absolute Gasteiger partial charge is 0.479 e. The zero-order valence-corrected chi connectivity index (χ0v) is 29.3. The van der Waals surface area contributed by atoms with Crippen LogP contribution in [0.5, 0.6) is 0 Å². The molecule has 246 valence electrons. The molecule has 3 aliphatic heterocycles. The number of likely N-dealkylation sites (tertiary alicyclic amines) is 1. The van der Waals surface area contributed by atoms with Gasteiger partial charge < -0.3 is 19.5 Å². The van der Waals surface area contributed by atoms with Gasteiger partial charge in [0.1, 0.15) is 5.01 Å². The molecule has 1 N–H and O–H groups in total. The molecular weight excluding hydrogens is 630 g/mol. The lowest BCUT2D eigenvalue weighted by atomic mass is 9.86. The summed E-state index contributed by atoms with van der Waals surface area (Å²) in [6.07, 6.45) is 2.66. The molecule has 3 aliphatic rings. The van der Waals surface area contributed by atoms with E-state index in [0.717, 1.165) is 76.6 Å². The number of piperidine rings is 1. The van der Waals surface area contributed by atoms with Crippen LogP contribution >= 0.6 is 22.9 Å². The number of carbonyl (C=O) groups is 1. The molecule has 7 nitrogen and oxygen atoms in total. The van der Waals surface area contributed by atoms with E-state index in [0.29, 0.717) is 22.6 Å². The SMILES string of the molecule is Cc1cc2nc(-c3ccc4c(c3)C(C3CCN(CC5CCO5)CC3)=NC4C)sc2c(-c2ccc(Cl)cc2)c1[C@H](OC(C)(C)C)C(=O)O. The first kappa shape index (κ1) is 32.4. The number of carboxylic acid groups (broad SMARTS) is 1. The number of aryl methyl sites for hydroxylation is 1. The average Bonchev–Trinajstić information content (AvgIpc) is 3.58. The Bertz CT molecular complexity index is 1850. The molecule has 4 aromatic rings. The standard InChI is InChI=1S/C38H42ClN3O4S/c1-21-18-30-35(32(23-6-9-26(39)10-7-23)31(21)34(37(43)44)46-38(3,4)5)47-36(41-30)25-8-11-28-22(2)40-33(29(28)19-25)24-12-15-42(16-13-24)20-27-14-17-45-27/h6-11,18-19,22,24,27,34H,12-17,20H2,1-5H3,(H,43,44)/t22?,27?,34-/m0/s1. The Kier molecular flexibility index (Phi) is 8.77. The number of fused-ring (bicyclic) bond motifs is 2. The highest BCUT2D eigenvalue weighted by molar-refractivity contribution is 7.22. The Hall–Kier alpha value is -3.14. The van der Waals surface area contributed by atoms with Crippen LogP contribution in [0.1, 0.15) is 81.4 Å². The van der Waals surface area contributed by atoms with E-state index < -0.39 is 17.7 Å². The van der Waals surface area contributed by atoms with Gasteiger partial charge in [0.2, 0.25) is 0 Å². The molecule has 0 amide bonds. The first-order valence-electron chi connectivity index (χ1n) is 16.6. The highest BCUT2D eigenvalue weighted by Gasteiger charge is 2.34. The zero-order chi connectivity index (χ0) is 33.0. The molecule has 3 atom stereocenters. The van der Waals surface area contributed by atoms with Crippen molar-refractivity contribution in [1.82, 2.24) is 9.88 Å². The quantitative estimate of drug-likeness (QED) is 0.201. The molecule has 2 unspecified atom stereocenters. The minimum Gasteiger partial charge on any atom is -0.479 e. The Morgan fingerprint density at radius 2 is 1.81 bits per heavy atom. The van der Waals surface area contributed by atoms with E-state index >= 15 is 0 Å². The van der Waals surface area contributed by atoms with Crippen molar-refractivity contribution in [3.05, 3.63) is 75.8 Å². The van der Waals surface area contributed by atoms with Gasteiger partial charge in [0, 0.05) is 52.1 Å². The van der Waals surface area contributed by atoms with Crippen molar-refractivity contribution in [2.24, 2.45) is 10.9 Å². The third-order valence-electron chi connectivity index (χ3n) is 9.61. The summed E-state index contributed by atoms with van der Waals surface area (Å²) >= 11 is 7.88. The van der Waals surface area contributed by atoms with E-state index in [1.807, 2.05) is 58.0 Å². The van der Waals surface area contributed by atoms with E-state index in [1.165, 1.54) is 23.3 Å². The van der Waals surface area contributed by atoms with Crippen molar-refractivity contribution in [3.63, 3.8) is 0 Å². The molecule has 0 saturated carbocycles. The summed E-state index contributed by atoms with van der Waals surface area (Å²) in [6, 6.07) is 16.4. The van der Waals surface area contributed by atoms with E-state index in [1.54, 1.807) is 11.3 Å². The monoisotopic (exact) mass is 671 g/mol. The average molecular weight is 672 g/mol. The van der Waals surface area contributed by atoms with Crippen LogP contribution in [0, 0.1) is 12.8 Å². The predicted octanol–water partition coefficient (Wildman–Crippen LogP) is 8.90. The van der Waals surface area contributed by atoms with E-state index in [9.17, 15) is 9.90 Å². The van der Waals surface area contributed by atoms with Gasteiger partial charge in [0.25, 0.3) is 0 Å². The molecule has 0 bridgehead atoms. The van der Waals surface area contributed by atoms with Gasteiger partial charge in [-0.05, 0) is 108 Å². The minimum atomic E-state index is -1.15. The summed E-state index contributed by atoms with van der Waals surface area (Å²) in [6.45, 7) is 13.9. The number of ether oxygens (including phenoxy) is 2. The van der Waals surface area contributed by atoms with Crippen LogP contribution < -0.4 is 0 Å². The minimum absolute atomic E-state index is 0.142. The number of aliphatic imine (C=N–C) groups is 1. The molecule has 1 aromatic heterocycles.